The Bertz CT molecular complexity index is 582. The lowest BCUT2D eigenvalue weighted by atomic mass is 10.2. The number of benzene rings is 1. The summed E-state index contributed by atoms with van der Waals surface area (Å²) in [5, 5.41) is 8.87. The largest absolute Gasteiger partial charge is 0.380 e. The van der Waals surface area contributed by atoms with E-state index in [1.807, 2.05) is 6.07 Å². The van der Waals surface area contributed by atoms with Crippen molar-refractivity contribution in [2.45, 2.75) is 24.7 Å². The zero-order valence-corrected chi connectivity index (χ0v) is 12.8. The maximum absolute atomic E-state index is 12.0. The second-order valence-corrected chi connectivity index (χ2v) is 6.26. The first-order chi connectivity index (χ1) is 9.51. The van der Waals surface area contributed by atoms with E-state index in [0.717, 1.165) is 12.8 Å². The number of rotatable bonds is 8. The van der Waals surface area contributed by atoms with Crippen LogP contribution in [-0.4, -0.2) is 28.2 Å². The Morgan fingerprint density at radius 3 is 2.80 bits per heavy atom. The molecule has 0 aliphatic rings. The molecule has 0 aliphatic carbocycles. The van der Waals surface area contributed by atoms with Gasteiger partial charge in [-0.2, -0.15) is 5.26 Å². The van der Waals surface area contributed by atoms with Crippen molar-refractivity contribution in [2.75, 3.05) is 19.8 Å². The quantitative estimate of drug-likeness (QED) is 0.746. The first-order valence-corrected chi connectivity index (χ1v) is 8.14. The van der Waals surface area contributed by atoms with E-state index in [2.05, 4.69) is 11.6 Å². The van der Waals surface area contributed by atoms with Gasteiger partial charge in [-0.05, 0) is 24.6 Å². The van der Waals surface area contributed by atoms with Gasteiger partial charge in [-0.15, -0.1) is 0 Å². The Morgan fingerprint density at radius 1 is 1.40 bits per heavy atom. The molecule has 1 N–H and O–H groups in total. The molecule has 7 heteroatoms. The molecule has 1 rings (SSSR count). The number of unbranched alkanes of at least 4 members (excludes halogenated alkanes) is 1. The van der Waals surface area contributed by atoms with Gasteiger partial charge < -0.3 is 4.74 Å². The summed E-state index contributed by atoms with van der Waals surface area (Å²) >= 11 is 5.86. The number of nitrogens with one attached hydrogen (secondary N) is 1. The number of halogens is 1. The molecule has 0 heterocycles. The van der Waals surface area contributed by atoms with E-state index in [-0.39, 0.29) is 22.0 Å². The minimum atomic E-state index is -3.73. The Hall–Kier alpha value is -1.13. The average Bonchev–Trinajstić information content (AvgIpc) is 2.43. The summed E-state index contributed by atoms with van der Waals surface area (Å²) in [6.07, 6.45) is 1.98. The molecule has 0 spiro atoms. The minimum absolute atomic E-state index is 0.0865. The molecule has 0 amide bonds. The molecular weight excluding hydrogens is 300 g/mol. The second-order valence-electron chi connectivity index (χ2n) is 4.12. The summed E-state index contributed by atoms with van der Waals surface area (Å²) in [4.78, 5) is -0.0909. The molecule has 110 valence electrons. The van der Waals surface area contributed by atoms with Gasteiger partial charge in [0.2, 0.25) is 10.0 Å². The highest BCUT2D eigenvalue weighted by Crippen LogP contribution is 2.22. The van der Waals surface area contributed by atoms with Gasteiger partial charge in [0, 0.05) is 13.2 Å². The van der Waals surface area contributed by atoms with Gasteiger partial charge >= 0.3 is 0 Å². The molecule has 0 radical (unpaired) electrons. The normalized spacial score (nSPS) is 11.2. The molecule has 0 fully saturated rings. The van der Waals surface area contributed by atoms with Crippen LogP contribution in [0.25, 0.3) is 0 Å². The molecular formula is C13H17ClN2O3S. The van der Waals surface area contributed by atoms with Gasteiger partial charge in [-0.1, -0.05) is 24.9 Å². The fourth-order valence-corrected chi connectivity index (χ4v) is 2.99. The van der Waals surface area contributed by atoms with E-state index in [9.17, 15) is 8.42 Å². The summed E-state index contributed by atoms with van der Waals surface area (Å²) < 4.78 is 31.8. The predicted molar refractivity (Wildman–Crippen MR) is 77.1 cm³/mol. The van der Waals surface area contributed by atoms with Gasteiger partial charge in [0.05, 0.1) is 23.3 Å². The summed E-state index contributed by atoms with van der Waals surface area (Å²) in [6, 6.07) is 6.00. The van der Waals surface area contributed by atoms with Crippen molar-refractivity contribution in [1.82, 2.24) is 4.72 Å². The van der Waals surface area contributed by atoms with Crippen LogP contribution in [0.2, 0.25) is 5.02 Å². The number of hydrogen-bond donors (Lipinski definition) is 1. The Balaban J connectivity index is 2.63. The SMILES string of the molecule is CCCCOCCNS(=O)(=O)c1cc(C#N)ccc1Cl. The number of sulfonamides is 1. The Morgan fingerprint density at radius 2 is 2.15 bits per heavy atom. The molecule has 20 heavy (non-hydrogen) atoms. The standard InChI is InChI=1S/C13H17ClN2O3S/c1-2-3-7-19-8-6-16-20(17,18)13-9-11(10-15)4-5-12(13)14/h4-5,9,16H,2-3,6-8H2,1H3. The molecule has 0 saturated carbocycles. The maximum atomic E-state index is 12.0. The van der Waals surface area contributed by atoms with Crippen molar-refractivity contribution < 1.29 is 13.2 Å². The van der Waals surface area contributed by atoms with E-state index in [4.69, 9.17) is 21.6 Å². The number of ether oxygens (including phenoxy) is 1. The van der Waals surface area contributed by atoms with Crippen molar-refractivity contribution >= 4 is 21.6 Å². The Labute approximate surface area is 124 Å². The number of hydrogen-bond acceptors (Lipinski definition) is 4. The van der Waals surface area contributed by atoms with Crippen LogP contribution < -0.4 is 4.72 Å². The van der Waals surface area contributed by atoms with Crippen LogP contribution in [0.1, 0.15) is 25.3 Å². The highest BCUT2D eigenvalue weighted by molar-refractivity contribution is 7.89. The van der Waals surface area contributed by atoms with E-state index < -0.39 is 10.0 Å². The van der Waals surface area contributed by atoms with Gasteiger partial charge in [0.15, 0.2) is 0 Å². The monoisotopic (exact) mass is 316 g/mol. The summed E-state index contributed by atoms with van der Waals surface area (Å²) in [6.45, 7) is 3.13. The molecule has 0 aliphatic heterocycles. The summed E-state index contributed by atoms with van der Waals surface area (Å²) in [5.74, 6) is 0. The third kappa shape index (κ3) is 5.10. The lowest BCUT2D eigenvalue weighted by molar-refractivity contribution is 0.136. The molecule has 5 nitrogen and oxygen atoms in total. The van der Waals surface area contributed by atoms with Crippen LogP contribution in [0, 0.1) is 11.3 Å². The second kappa shape index (κ2) is 8.22. The van der Waals surface area contributed by atoms with E-state index in [0.29, 0.717) is 13.2 Å². The number of nitriles is 1. The highest BCUT2D eigenvalue weighted by atomic mass is 35.5. The predicted octanol–water partition coefficient (Wildman–Crippen LogP) is 2.31. The van der Waals surface area contributed by atoms with E-state index in [1.165, 1.54) is 18.2 Å². The topological polar surface area (TPSA) is 79.2 Å². The highest BCUT2D eigenvalue weighted by Gasteiger charge is 2.17. The fourth-order valence-electron chi connectivity index (χ4n) is 1.45. The lowest BCUT2D eigenvalue weighted by Gasteiger charge is -2.09. The van der Waals surface area contributed by atoms with Gasteiger partial charge in [0.25, 0.3) is 0 Å². The van der Waals surface area contributed by atoms with Crippen LogP contribution in [0.4, 0.5) is 0 Å². The van der Waals surface area contributed by atoms with Crippen molar-refractivity contribution in [1.29, 1.82) is 5.26 Å². The minimum Gasteiger partial charge on any atom is -0.380 e. The average molecular weight is 317 g/mol. The molecule has 0 aromatic heterocycles. The third-order valence-corrected chi connectivity index (χ3v) is 4.47. The first kappa shape index (κ1) is 16.9. The fraction of sp³-hybridized carbons (Fsp3) is 0.462. The summed E-state index contributed by atoms with van der Waals surface area (Å²) in [5.41, 5.74) is 0.244. The van der Waals surface area contributed by atoms with E-state index >= 15 is 0 Å². The molecule has 0 atom stereocenters. The summed E-state index contributed by atoms with van der Waals surface area (Å²) in [7, 11) is -3.73. The molecule has 1 aromatic rings. The van der Waals surface area contributed by atoms with Crippen molar-refractivity contribution in [3.63, 3.8) is 0 Å². The zero-order chi connectivity index (χ0) is 15.0. The molecule has 0 unspecified atom stereocenters. The third-order valence-electron chi connectivity index (χ3n) is 2.53. The van der Waals surface area contributed by atoms with Crippen molar-refractivity contribution in [2.24, 2.45) is 0 Å². The van der Waals surface area contributed by atoms with Gasteiger partial charge in [0.1, 0.15) is 4.90 Å². The lowest BCUT2D eigenvalue weighted by Crippen LogP contribution is -2.28. The van der Waals surface area contributed by atoms with Gasteiger partial charge in [-0.25, -0.2) is 13.1 Å². The molecule has 0 saturated heterocycles. The van der Waals surface area contributed by atoms with E-state index in [1.54, 1.807) is 0 Å². The maximum Gasteiger partial charge on any atom is 0.242 e. The number of nitrogens with zero attached hydrogens (tertiary/aromatic N) is 1. The van der Waals surface area contributed by atoms with Crippen LogP contribution in [-0.2, 0) is 14.8 Å². The van der Waals surface area contributed by atoms with Crippen LogP contribution in [0.5, 0.6) is 0 Å². The molecule has 1 aromatic carbocycles. The smallest absolute Gasteiger partial charge is 0.242 e. The van der Waals surface area contributed by atoms with Crippen LogP contribution in [0.15, 0.2) is 23.1 Å². The van der Waals surface area contributed by atoms with Crippen LogP contribution >= 0.6 is 11.6 Å². The van der Waals surface area contributed by atoms with Crippen LogP contribution in [0.3, 0.4) is 0 Å². The van der Waals surface area contributed by atoms with Crippen molar-refractivity contribution in [3.05, 3.63) is 28.8 Å². The Kier molecular flexibility index (Phi) is 6.96. The molecule has 0 bridgehead atoms. The first-order valence-electron chi connectivity index (χ1n) is 6.28. The zero-order valence-electron chi connectivity index (χ0n) is 11.2. The van der Waals surface area contributed by atoms with Crippen molar-refractivity contribution in [3.8, 4) is 6.07 Å². The van der Waals surface area contributed by atoms with Gasteiger partial charge in [-0.3, -0.25) is 0 Å².